The van der Waals surface area contributed by atoms with Crippen LogP contribution in [0.4, 0.5) is 15.8 Å². The first kappa shape index (κ1) is 14.5. The van der Waals surface area contributed by atoms with E-state index in [9.17, 15) is 9.18 Å². The Labute approximate surface area is 124 Å². The number of halogens is 2. The average Bonchev–Trinajstić information content (AvgIpc) is 2.61. The molecular formula is C13H14BrFN4O. The molecule has 0 radical (unpaired) electrons. The van der Waals surface area contributed by atoms with Gasteiger partial charge in [-0.1, -0.05) is 15.9 Å². The number of aryl methyl sites for hydroxylation is 1. The number of nitrogens with two attached hydrogens (primary N) is 1. The number of amides is 1. The average molecular weight is 341 g/mol. The van der Waals surface area contributed by atoms with Crippen LogP contribution in [0, 0.1) is 19.7 Å². The summed E-state index contributed by atoms with van der Waals surface area (Å²) >= 11 is 3.16. The van der Waals surface area contributed by atoms with Crippen LogP contribution in [0.25, 0.3) is 0 Å². The summed E-state index contributed by atoms with van der Waals surface area (Å²) in [7, 11) is 0. The number of nitrogen functional groups attached to an aromatic ring is 1. The van der Waals surface area contributed by atoms with Gasteiger partial charge in [0.1, 0.15) is 12.4 Å². The Kier molecular flexibility index (Phi) is 4.08. The van der Waals surface area contributed by atoms with Crippen LogP contribution in [0.3, 0.4) is 0 Å². The second-order valence-corrected chi connectivity index (χ2v) is 5.33. The van der Waals surface area contributed by atoms with Crippen LogP contribution in [0.15, 0.2) is 22.7 Å². The molecule has 106 valence electrons. The molecule has 0 aliphatic rings. The van der Waals surface area contributed by atoms with Gasteiger partial charge >= 0.3 is 0 Å². The van der Waals surface area contributed by atoms with Crippen molar-refractivity contribution in [1.29, 1.82) is 0 Å². The summed E-state index contributed by atoms with van der Waals surface area (Å²) < 4.78 is 15.7. The molecule has 3 N–H and O–H groups in total. The smallest absolute Gasteiger partial charge is 0.246 e. The quantitative estimate of drug-likeness (QED) is 0.901. The molecule has 0 unspecified atom stereocenters. The predicted molar refractivity (Wildman–Crippen MR) is 78.8 cm³/mol. The second-order valence-electron chi connectivity index (χ2n) is 4.41. The van der Waals surface area contributed by atoms with E-state index >= 15 is 0 Å². The van der Waals surface area contributed by atoms with Crippen molar-refractivity contribution >= 4 is 33.2 Å². The van der Waals surface area contributed by atoms with Crippen molar-refractivity contribution in [2.24, 2.45) is 0 Å². The first-order chi connectivity index (χ1) is 9.38. The summed E-state index contributed by atoms with van der Waals surface area (Å²) in [5.74, 6) is -0.863. The monoisotopic (exact) mass is 340 g/mol. The molecule has 2 aromatic rings. The second kappa shape index (κ2) is 5.62. The zero-order chi connectivity index (χ0) is 14.9. The molecule has 7 heteroatoms. The molecule has 2 rings (SSSR count). The summed E-state index contributed by atoms with van der Waals surface area (Å²) in [6, 6.07) is 4.43. The number of anilines is 2. The number of benzene rings is 1. The maximum atomic E-state index is 13.6. The zero-order valence-electron chi connectivity index (χ0n) is 11.1. The lowest BCUT2D eigenvalue weighted by Crippen LogP contribution is -2.21. The Morgan fingerprint density at radius 2 is 2.20 bits per heavy atom. The van der Waals surface area contributed by atoms with Crippen molar-refractivity contribution < 1.29 is 9.18 Å². The van der Waals surface area contributed by atoms with Crippen molar-refractivity contribution in [3.8, 4) is 0 Å². The summed E-state index contributed by atoms with van der Waals surface area (Å²) in [5.41, 5.74) is 7.87. The van der Waals surface area contributed by atoms with E-state index in [-0.39, 0.29) is 18.1 Å². The third kappa shape index (κ3) is 2.98. The van der Waals surface area contributed by atoms with Gasteiger partial charge in [-0.2, -0.15) is 5.10 Å². The molecule has 0 saturated carbocycles. The van der Waals surface area contributed by atoms with Gasteiger partial charge in [-0.3, -0.25) is 9.48 Å². The van der Waals surface area contributed by atoms with E-state index < -0.39 is 5.82 Å². The molecule has 20 heavy (non-hydrogen) atoms. The number of carbonyl (C=O) groups excluding carboxylic acids is 1. The first-order valence-electron chi connectivity index (χ1n) is 5.93. The molecule has 0 aliphatic heterocycles. The highest BCUT2D eigenvalue weighted by Gasteiger charge is 2.13. The van der Waals surface area contributed by atoms with Crippen LogP contribution in [0.1, 0.15) is 11.4 Å². The molecule has 0 saturated heterocycles. The fraction of sp³-hybridized carbons (Fsp3) is 0.231. The maximum absolute atomic E-state index is 13.6. The summed E-state index contributed by atoms with van der Waals surface area (Å²) in [5, 5.41) is 6.66. The molecule has 0 fully saturated rings. The van der Waals surface area contributed by atoms with Crippen molar-refractivity contribution in [2.75, 3.05) is 11.1 Å². The Balaban J connectivity index is 2.11. The van der Waals surface area contributed by atoms with Crippen LogP contribution in [0.2, 0.25) is 0 Å². The van der Waals surface area contributed by atoms with Gasteiger partial charge in [0.05, 0.1) is 22.8 Å². The molecule has 1 aromatic heterocycles. The number of carbonyl (C=O) groups is 1. The Hall–Kier alpha value is -1.89. The number of aromatic nitrogens is 2. The SMILES string of the molecule is Cc1nn(CC(=O)Nc2ccc(Br)cc2F)c(C)c1N. The molecule has 5 nitrogen and oxygen atoms in total. The van der Waals surface area contributed by atoms with Gasteiger partial charge in [0.2, 0.25) is 5.91 Å². The van der Waals surface area contributed by atoms with E-state index in [0.717, 1.165) is 0 Å². The highest BCUT2D eigenvalue weighted by atomic mass is 79.9. The Bertz CT molecular complexity index is 669. The van der Waals surface area contributed by atoms with Crippen molar-refractivity contribution in [2.45, 2.75) is 20.4 Å². The standard InChI is InChI=1S/C13H14BrFN4O/c1-7-13(16)8(2)19(18-7)6-12(20)17-11-4-3-9(14)5-10(11)15/h3-5H,6,16H2,1-2H3,(H,17,20). The van der Waals surface area contributed by atoms with E-state index in [1.807, 2.05) is 0 Å². The largest absolute Gasteiger partial charge is 0.396 e. The minimum absolute atomic E-state index is 0.0145. The number of nitrogens with one attached hydrogen (secondary N) is 1. The molecular weight excluding hydrogens is 327 g/mol. The Morgan fingerprint density at radius 3 is 2.75 bits per heavy atom. The van der Waals surface area contributed by atoms with Crippen LogP contribution in [0.5, 0.6) is 0 Å². The number of hydrogen-bond donors (Lipinski definition) is 2. The van der Waals surface area contributed by atoms with Crippen molar-refractivity contribution in [1.82, 2.24) is 9.78 Å². The van der Waals surface area contributed by atoms with E-state index in [1.165, 1.54) is 16.8 Å². The number of nitrogens with zero attached hydrogens (tertiary/aromatic N) is 2. The topological polar surface area (TPSA) is 72.9 Å². The van der Waals surface area contributed by atoms with Gasteiger partial charge in [0, 0.05) is 4.47 Å². The first-order valence-corrected chi connectivity index (χ1v) is 6.72. The van der Waals surface area contributed by atoms with E-state index in [0.29, 0.717) is 21.5 Å². The lowest BCUT2D eigenvalue weighted by Gasteiger charge is -2.08. The number of rotatable bonds is 3. The van der Waals surface area contributed by atoms with Crippen LogP contribution in [-0.2, 0) is 11.3 Å². The zero-order valence-corrected chi connectivity index (χ0v) is 12.7. The normalized spacial score (nSPS) is 10.6. The fourth-order valence-corrected chi connectivity index (χ4v) is 2.11. The van der Waals surface area contributed by atoms with Gasteiger partial charge in [0.25, 0.3) is 0 Å². The minimum Gasteiger partial charge on any atom is -0.396 e. The molecule has 1 heterocycles. The van der Waals surface area contributed by atoms with Gasteiger partial charge < -0.3 is 11.1 Å². The van der Waals surface area contributed by atoms with Gasteiger partial charge in [-0.25, -0.2) is 4.39 Å². The summed E-state index contributed by atoms with van der Waals surface area (Å²) in [4.78, 5) is 11.9. The molecule has 1 aromatic carbocycles. The molecule has 0 atom stereocenters. The van der Waals surface area contributed by atoms with Gasteiger partial charge in [-0.05, 0) is 32.0 Å². The minimum atomic E-state index is -0.499. The van der Waals surface area contributed by atoms with Crippen LogP contribution in [-0.4, -0.2) is 15.7 Å². The molecule has 0 spiro atoms. The molecule has 0 aliphatic carbocycles. The molecule has 0 bridgehead atoms. The van der Waals surface area contributed by atoms with Gasteiger partial charge in [-0.15, -0.1) is 0 Å². The summed E-state index contributed by atoms with van der Waals surface area (Å²) in [6.45, 7) is 3.54. The van der Waals surface area contributed by atoms with Gasteiger partial charge in [0.15, 0.2) is 0 Å². The van der Waals surface area contributed by atoms with Crippen LogP contribution >= 0.6 is 15.9 Å². The predicted octanol–water partition coefficient (Wildman–Crippen LogP) is 2.62. The van der Waals surface area contributed by atoms with Crippen molar-refractivity contribution in [3.63, 3.8) is 0 Å². The third-order valence-corrected chi connectivity index (χ3v) is 3.43. The lowest BCUT2D eigenvalue weighted by atomic mass is 10.3. The van der Waals surface area contributed by atoms with E-state index in [2.05, 4.69) is 26.3 Å². The molecule has 1 amide bonds. The van der Waals surface area contributed by atoms with E-state index in [1.54, 1.807) is 19.9 Å². The fourth-order valence-electron chi connectivity index (χ4n) is 1.78. The number of hydrogen-bond acceptors (Lipinski definition) is 3. The highest BCUT2D eigenvalue weighted by Crippen LogP contribution is 2.19. The van der Waals surface area contributed by atoms with Crippen LogP contribution < -0.4 is 11.1 Å². The Morgan fingerprint density at radius 1 is 1.50 bits per heavy atom. The van der Waals surface area contributed by atoms with Crippen molar-refractivity contribution in [3.05, 3.63) is 39.9 Å². The van der Waals surface area contributed by atoms with E-state index in [4.69, 9.17) is 5.73 Å². The highest BCUT2D eigenvalue weighted by molar-refractivity contribution is 9.10. The maximum Gasteiger partial charge on any atom is 0.246 e. The third-order valence-electron chi connectivity index (χ3n) is 2.94. The summed E-state index contributed by atoms with van der Waals surface area (Å²) in [6.07, 6.45) is 0. The lowest BCUT2D eigenvalue weighted by molar-refractivity contribution is -0.117.